The van der Waals surface area contributed by atoms with Crippen molar-refractivity contribution in [3.63, 3.8) is 0 Å². The van der Waals surface area contributed by atoms with Crippen LogP contribution in [0.5, 0.6) is 0 Å². The Kier molecular flexibility index (Phi) is 3.57. The van der Waals surface area contributed by atoms with Crippen molar-refractivity contribution in [3.8, 4) is 11.3 Å². The smallest absolute Gasteiger partial charge is 0.257 e. The summed E-state index contributed by atoms with van der Waals surface area (Å²) in [6.45, 7) is 0. The number of pyridine rings is 1. The second-order valence-corrected chi connectivity index (χ2v) is 6.51. The maximum atomic E-state index is 12.4. The lowest BCUT2D eigenvalue weighted by molar-refractivity contribution is 0.102. The monoisotopic (exact) mass is 338 g/mol. The minimum Gasteiger partial charge on any atom is -0.298 e. The highest BCUT2D eigenvalue weighted by molar-refractivity contribution is 7.16. The highest BCUT2D eigenvalue weighted by Crippen LogP contribution is 2.25. The van der Waals surface area contributed by atoms with Crippen LogP contribution in [0.4, 0.5) is 5.13 Å². The molecular weight excluding hydrogens is 328 g/mol. The number of carbonyl (C=O) groups excluding carboxylic acids is 1. The van der Waals surface area contributed by atoms with Crippen LogP contribution in [0.3, 0.4) is 0 Å². The van der Waals surface area contributed by atoms with Gasteiger partial charge >= 0.3 is 0 Å². The third-order valence-corrected chi connectivity index (χ3v) is 4.82. The summed E-state index contributed by atoms with van der Waals surface area (Å²) < 4.78 is 0.993. The van der Waals surface area contributed by atoms with Crippen molar-refractivity contribution >= 4 is 43.9 Å². The average Bonchev–Trinajstić information content (AvgIpc) is 3.24. The molecule has 7 heteroatoms. The Hall–Kier alpha value is -2.64. The third-order valence-electron chi connectivity index (χ3n) is 3.28. The van der Waals surface area contributed by atoms with Gasteiger partial charge in [-0.15, -0.1) is 22.7 Å². The van der Waals surface area contributed by atoms with E-state index < -0.39 is 0 Å². The van der Waals surface area contributed by atoms with Crippen LogP contribution in [0.15, 0.2) is 53.6 Å². The first-order valence-electron chi connectivity index (χ1n) is 6.80. The van der Waals surface area contributed by atoms with Gasteiger partial charge in [-0.2, -0.15) is 0 Å². The number of fused-ring (bicyclic) bond motifs is 1. The van der Waals surface area contributed by atoms with Gasteiger partial charge in [-0.25, -0.2) is 9.97 Å². The molecule has 23 heavy (non-hydrogen) atoms. The van der Waals surface area contributed by atoms with E-state index in [-0.39, 0.29) is 5.91 Å². The maximum absolute atomic E-state index is 12.4. The molecule has 3 aromatic heterocycles. The molecule has 5 nitrogen and oxygen atoms in total. The fourth-order valence-corrected chi connectivity index (χ4v) is 3.57. The highest BCUT2D eigenvalue weighted by atomic mass is 32.1. The molecule has 112 valence electrons. The summed E-state index contributed by atoms with van der Waals surface area (Å²) in [5, 5.41) is 5.31. The summed E-state index contributed by atoms with van der Waals surface area (Å²) in [5.74, 6) is -0.174. The second kappa shape index (κ2) is 5.86. The molecule has 0 unspecified atom stereocenters. The summed E-state index contributed by atoms with van der Waals surface area (Å²) in [4.78, 5) is 25.1. The lowest BCUT2D eigenvalue weighted by atomic mass is 10.2. The Morgan fingerprint density at radius 2 is 2.13 bits per heavy atom. The molecule has 0 aliphatic carbocycles. The van der Waals surface area contributed by atoms with E-state index in [9.17, 15) is 4.79 Å². The van der Waals surface area contributed by atoms with Crippen LogP contribution in [0.2, 0.25) is 0 Å². The molecule has 0 saturated heterocycles. The summed E-state index contributed by atoms with van der Waals surface area (Å²) in [7, 11) is 0. The molecule has 0 fully saturated rings. The van der Waals surface area contributed by atoms with Gasteiger partial charge in [0.15, 0.2) is 5.13 Å². The molecule has 1 amide bonds. The van der Waals surface area contributed by atoms with Gasteiger partial charge in [-0.3, -0.25) is 15.1 Å². The number of benzene rings is 1. The molecule has 0 atom stereocenters. The topological polar surface area (TPSA) is 67.8 Å². The average molecular weight is 338 g/mol. The zero-order valence-electron chi connectivity index (χ0n) is 11.8. The first-order valence-corrected chi connectivity index (χ1v) is 8.56. The van der Waals surface area contributed by atoms with Crippen molar-refractivity contribution in [3.05, 3.63) is 59.2 Å². The number of nitrogens with one attached hydrogen (secondary N) is 1. The van der Waals surface area contributed by atoms with E-state index in [1.54, 1.807) is 24.0 Å². The van der Waals surface area contributed by atoms with E-state index in [0.717, 1.165) is 21.5 Å². The SMILES string of the molecule is O=C(Nc1nc(-c2cccnc2)cs1)c1ccc2ncsc2c1. The minimum absolute atomic E-state index is 0.174. The zero-order chi connectivity index (χ0) is 15.6. The van der Waals surface area contributed by atoms with Gasteiger partial charge in [-0.1, -0.05) is 0 Å². The van der Waals surface area contributed by atoms with Crippen LogP contribution >= 0.6 is 22.7 Å². The number of amides is 1. The fourth-order valence-electron chi connectivity index (χ4n) is 2.14. The van der Waals surface area contributed by atoms with Crippen molar-refractivity contribution in [2.75, 3.05) is 5.32 Å². The molecule has 1 N–H and O–H groups in total. The first kappa shape index (κ1) is 14.0. The quantitative estimate of drug-likeness (QED) is 0.611. The molecule has 0 saturated carbocycles. The first-order chi connectivity index (χ1) is 11.3. The van der Waals surface area contributed by atoms with E-state index in [1.165, 1.54) is 22.7 Å². The Balaban J connectivity index is 1.55. The Morgan fingerprint density at radius 3 is 3.00 bits per heavy atom. The van der Waals surface area contributed by atoms with Crippen molar-refractivity contribution < 1.29 is 4.79 Å². The molecule has 1 aromatic carbocycles. The summed E-state index contributed by atoms with van der Waals surface area (Å²) in [6, 6.07) is 9.26. The fraction of sp³-hybridized carbons (Fsp3) is 0. The third kappa shape index (κ3) is 2.84. The molecule has 4 rings (SSSR count). The van der Waals surface area contributed by atoms with Gasteiger partial charge in [0.25, 0.3) is 5.91 Å². The van der Waals surface area contributed by atoms with Gasteiger partial charge in [0.2, 0.25) is 0 Å². The number of carbonyl (C=O) groups is 1. The van der Waals surface area contributed by atoms with E-state index >= 15 is 0 Å². The van der Waals surface area contributed by atoms with Crippen LogP contribution in [0.1, 0.15) is 10.4 Å². The van der Waals surface area contributed by atoms with E-state index in [2.05, 4.69) is 20.3 Å². The van der Waals surface area contributed by atoms with Crippen molar-refractivity contribution in [1.82, 2.24) is 15.0 Å². The number of hydrogen-bond donors (Lipinski definition) is 1. The number of aromatic nitrogens is 3. The number of nitrogens with zero attached hydrogens (tertiary/aromatic N) is 3. The summed E-state index contributed by atoms with van der Waals surface area (Å²) in [5.41, 5.74) is 5.00. The number of anilines is 1. The molecule has 0 spiro atoms. The van der Waals surface area contributed by atoms with Crippen molar-refractivity contribution in [1.29, 1.82) is 0 Å². The highest BCUT2D eigenvalue weighted by Gasteiger charge is 2.11. The van der Waals surface area contributed by atoms with Crippen LogP contribution in [-0.4, -0.2) is 20.9 Å². The second-order valence-electron chi connectivity index (χ2n) is 4.77. The van der Waals surface area contributed by atoms with E-state index in [4.69, 9.17) is 0 Å². The van der Waals surface area contributed by atoms with E-state index in [0.29, 0.717) is 10.7 Å². The molecule has 0 radical (unpaired) electrons. The van der Waals surface area contributed by atoms with Crippen LogP contribution < -0.4 is 5.32 Å². The standard InChI is InChI=1S/C16H10N4OS2/c21-15(10-3-4-12-14(6-10)23-9-18-12)20-16-19-13(8-22-16)11-2-1-5-17-7-11/h1-9H,(H,19,20,21). The van der Waals surface area contributed by atoms with E-state index in [1.807, 2.05) is 29.6 Å². The predicted octanol–water partition coefficient (Wildman–Crippen LogP) is 4.07. The number of rotatable bonds is 3. The summed E-state index contributed by atoms with van der Waals surface area (Å²) >= 11 is 2.91. The lowest BCUT2D eigenvalue weighted by Crippen LogP contribution is -2.11. The molecule has 0 aliphatic heterocycles. The molecule has 4 aromatic rings. The van der Waals surface area contributed by atoms with Gasteiger partial charge in [0.1, 0.15) is 0 Å². The van der Waals surface area contributed by atoms with Gasteiger partial charge < -0.3 is 0 Å². The van der Waals surface area contributed by atoms with Gasteiger partial charge in [-0.05, 0) is 30.3 Å². The zero-order valence-corrected chi connectivity index (χ0v) is 13.4. The van der Waals surface area contributed by atoms with Crippen molar-refractivity contribution in [2.45, 2.75) is 0 Å². The largest absolute Gasteiger partial charge is 0.298 e. The van der Waals surface area contributed by atoms with Gasteiger partial charge in [0, 0.05) is 28.9 Å². The van der Waals surface area contributed by atoms with Crippen LogP contribution in [0.25, 0.3) is 21.5 Å². The van der Waals surface area contributed by atoms with Crippen LogP contribution in [0, 0.1) is 0 Å². The Morgan fingerprint density at radius 1 is 1.17 bits per heavy atom. The molecule has 0 aliphatic rings. The van der Waals surface area contributed by atoms with Crippen LogP contribution in [-0.2, 0) is 0 Å². The lowest BCUT2D eigenvalue weighted by Gasteiger charge is -2.01. The maximum Gasteiger partial charge on any atom is 0.257 e. The summed E-state index contributed by atoms with van der Waals surface area (Å²) in [6.07, 6.45) is 3.46. The van der Waals surface area contributed by atoms with Crippen molar-refractivity contribution in [2.24, 2.45) is 0 Å². The Bertz CT molecular complexity index is 978. The molecule has 0 bridgehead atoms. The number of hydrogen-bond acceptors (Lipinski definition) is 6. The Labute approximate surface area is 139 Å². The normalized spacial score (nSPS) is 10.8. The number of thiazole rings is 2. The predicted molar refractivity (Wildman–Crippen MR) is 92.9 cm³/mol. The molecule has 3 heterocycles. The van der Waals surface area contributed by atoms with Gasteiger partial charge in [0.05, 0.1) is 21.4 Å². The molecular formula is C16H10N4OS2. The minimum atomic E-state index is -0.174.